The van der Waals surface area contributed by atoms with Crippen molar-refractivity contribution in [2.75, 3.05) is 0 Å². The summed E-state index contributed by atoms with van der Waals surface area (Å²) in [5.74, 6) is 0.859. The summed E-state index contributed by atoms with van der Waals surface area (Å²) in [6, 6.07) is 5.84. The van der Waals surface area contributed by atoms with Gasteiger partial charge in [-0.2, -0.15) is 0 Å². The molecule has 14 heavy (non-hydrogen) atoms. The molecule has 3 nitrogen and oxygen atoms in total. The predicted octanol–water partition coefficient (Wildman–Crippen LogP) is 3.01. The molecule has 0 saturated carbocycles. The molecule has 1 aromatic heterocycles. The molecule has 0 aliphatic heterocycles. The average molecular weight is 208 g/mol. The Labute approximate surface area is 87.1 Å². The van der Waals surface area contributed by atoms with Crippen molar-refractivity contribution in [3.8, 4) is 5.75 Å². The molecule has 0 aliphatic rings. The fourth-order valence-electron chi connectivity index (χ4n) is 1.36. The van der Waals surface area contributed by atoms with Crippen LogP contribution in [-0.2, 0) is 0 Å². The standard InChI is InChI=1S/C10H12N2OS/c1-6(2)13-7-3-4-8-9(5-7)12-10(14)11-8/h3-6H,1-2H3,(H2,11,12,14). The summed E-state index contributed by atoms with van der Waals surface area (Å²) in [6.45, 7) is 4.01. The third-order valence-corrected chi connectivity index (χ3v) is 2.06. The molecule has 74 valence electrons. The number of rotatable bonds is 2. The van der Waals surface area contributed by atoms with Crippen molar-refractivity contribution in [2.24, 2.45) is 0 Å². The third-order valence-electron chi connectivity index (χ3n) is 1.86. The maximum absolute atomic E-state index is 5.56. The smallest absolute Gasteiger partial charge is 0.175 e. The highest BCUT2D eigenvalue weighted by Crippen LogP contribution is 2.19. The molecule has 0 aliphatic carbocycles. The van der Waals surface area contributed by atoms with Crippen LogP contribution in [-0.4, -0.2) is 16.1 Å². The van der Waals surface area contributed by atoms with Gasteiger partial charge in [0.15, 0.2) is 4.77 Å². The molecule has 0 radical (unpaired) electrons. The van der Waals surface area contributed by atoms with Crippen molar-refractivity contribution in [3.05, 3.63) is 23.0 Å². The van der Waals surface area contributed by atoms with Crippen LogP contribution in [0.15, 0.2) is 18.2 Å². The van der Waals surface area contributed by atoms with E-state index in [4.69, 9.17) is 17.0 Å². The Kier molecular flexibility index (Phi) is 2.29. The monoisotopic (exact) mass is 208 g/mol. The summed E-state index contributed by atoms with van der Waals surface area (Å²) >= 11 is 4.99. The fourth-order valence-corrected chi connectivity index (χ4v) is 1.58. The normalized spacial score (nSPS) is 11.1. The molecular formula is C10H12N2OS. The van der Waals surface area contributed by atoms with Gasteiger partial charge in [0.05, 0.1) is 17.1 Å². The molecule has 0 fully saturated rings. The first-order valence-electron chi connectivity index (χ1n) is 4.54. The number of aromatic amines is 2. The number of aromatic nitrogens is 2. The molecule has 2 rings (SSSR count). The molecule has 0 atom stereocenters. The van der Waals surface area contributed by atoms with E-state index in [0.29, 0.717) is 4.77 Å². The van der Waals surface area contributed by atoms with Crippen LogP contribution >= 0.6 is 12.2 Å². The van der Waals surface area contributed by atoms with Gasteiger partial charge in [0.1, 0.15) is 5.75 Å². The van der Waals surface area contributed by atoms with Gasteiger partial charge in [0, 0.05) is 6.07 Å². The van der Waals surface area contributed by atoms with E-state index in [9.17, 15) is 0 Å². The lowest BCUT2D eigenvalue weighted by atomic mass is 10.3. The number of hydrogen-bond donors (Lipinski definition) is 2. The van der Waals surface area contributed by atoms with Crippen molar-refractivity contribution < 1.29 is 4.74 Å². The minimum Gasteiger partial charge on any atom is -0.491 e. The molecule has 2 N–H and O–H groups in total. The van der Waals surface area contributed by atoms with E-state index in [0.717, 1.165) is 16.8 Å². The molecule has 1 heterocycles. The Balaban J connectivity index is 2.45. The number of imidazole rings is 1. The largest absolute Gasteiger partial charge is 0.491 e. The minimum absolute atomic E-state index is 0.189. The molecule has 0 bridgehead atoms. The maximum Gasteiger partial charge on any atom is 0.175 e. The number of benzene rings is 1. The Morgan fingerprint density at radius 3 is 2.64 bits per heavy atom. The first-order valence-corrected chi connectivity index (χ1v) is 4.94. The van der Waals surface area contributed by atoms with Crippen LogP contribution in [0.4, 0.5) is 0 Å². The summed E-state index contributed by atoms with van der Waals surface area (Å²) in [5.41, 5.74) is 1.99. The molecular weight excluding hydrogens is 196 g/mol. The SMILES string of the molecule is CC(C)Oc1ccc2[nH]c(=S)[nH]c2c1. The highest BCUT2D eigenvalue weighted by molar-refractivity contribution is 7.71. The van der Waals surface area contributed by atoms with Crippen molar-refractivity contribution in [2.45, 2.75) is 20.0 Å². The highest BCUT2D eigenvalue weighted by atomic mass is 32.1. The number of hydrogen-bond acceptors (Lipinski definition) is 2. The zero-order valence-electron chi connectivity index (χ0n) is 8.13. The van der Waals surface area contributed by atoms with Gasteiger partial charge in [-0.1, -0.05) is 0 Å². The molecule has 0 saturated heterocycles. The summed E-state index contributed by atoms with van der Waals surface area (Å²) in [7, 11) is 0. The van der Waals surface area contributed by atoms with E-state index >= 15 is 0 Å². The van der Waals surface area contributed by atoms with E-state index in [2.05, 4.69) is 9.97 Å². The van der Waals surface area contributed by atoms with Crippen LogP contribution in [0.1, 0.15) is 13.8 Å². The Hall–Kier alpha value is -1.29. The maximum atomic E-state index is 5.56. The van der Waals surface area contributed by atoms with Crippen molar-refractivity contribution in [1.82, 2.24) is 9.97 Å². The topological polar surface area (TPSA) is 40.8 Å². The summed E-state index contributed by atoms with van der Waals surface area (Å²) in [5, 5.41) is 0. The van der Waals surface area contributed by atoms with E-state index < -0.39 is 0 Å². The Bertz CT molecular complexity index is 498. The van der Waals surface area contributed by atoms with Crippen LogP contribution in [0.2, 0.25) is 0 Å². The summed E-state index contributed by atoms with van der Waals surface area (Å²) in [6.07, 6.45) is 0.189. The van der Waals surface area contributed by atoms with Gasteiger partial charge >= 0.3 is 0 Å². The minimum atomic E-state index is 0.189. The first kappa shape index (κ1) is 9.27. The zero-order chi connectivity index (χ0) is 10.1. The lowest BCUT2D eigenvalue weighted by Gasteiger charge is -2.08. The lowest BCUT2D eigenvalue weighted by molar-refractivity contribution is 0.242. The van der Waals surface area contributed by atoms with Crippen molar-refractivity contribution in [3.63, 3.8) is 0 Å². The highest BCUT2D eigenvalue weighted by Gasteiger charge is 2.00. The average Bonchev–Trinajstić information content (AvgIpc) is 2.42. The van der Waals surface area contributed by atoms with E-state index in [1.165, 1.54) is 0 Å². The predicted molar refractivity (Wildman–Crippen MR) is 59.2 cm³/mol. The second kappa shape index (κ2) is 3.46. The van der Waals surface area contributed by atoms with Gasteiger partial charge < -0.3 is 14.7 Å². The van der Waals surface area contributed by atoms with E-state index in [1.807, 2.05) is 32.0 Å². The van der Waals surface area contributed by atoms with Crippen molar-refractivity contribution in [1.29, 1.82) is 0 Å². The second-order valence-electron chi connectivity index (χ2n) is 3.45. The fraction of sp³-hybridized carbons (Fsp3) is 0.300. The summed E-state index contributed by atoms with van der Waals surface area (Å²) in [4.78, 5) is 6.09. The van der Waals surface area contributed by atoms with E-state index in [1.54, 1.807) is 0 Å². The Morgan fingerprint density at radius 2 is 1.93 bits per heavy atom. The Morgan fingerprint density at radius 1 is 1.21 bits per heavy atom. The second-order valence-corrected chi connectivity index (χ2v) is 3.86. The van der Waals surface area contributed by atoms with Gasteiger partial charge in [0.25, 0.3) is 0 Å². The van der Waals surface area contributed by atoms with E-state index in [-0.39, 0.29) is 6.10 Å². The van der Waals surface area contributed by atoms with Crippen LogP contribution in [0.5, 0.6) is 5.75 Å². The lowest BCUT2D eigenvalue weighted by Crippen LogP contribution is -2.05. The molecule has 2 aromatic rings. The third kappa shape index (κ3) is 1.80. The van der Waals surface area contributed by atoms with Crippen LogP contribution < -0.4 is 4.74 Å². The number of H-pyrrole nitrogens is 2. The van der Waals surface area contributed by atoms with Gasteiger partial charge in [-0.3, -0.25) is 0 Å². The summed E-state index contributed by atoms with van der Waals surface area (Å²) < 4.78 is 6.20. The van der Waals surface area contributed by atoms with Gasteiger partial charge in [-0.25, -0.2) is 0 Å². The van der Waals surface area contributed by atoms with Crippen molar-refractivity contribution >= 4 is 23.3 Å². The van der Waals surface area contributed by atoms with Gasteiger partial charge in [-0.15, -0.1) is 0 Å². The zero-order valence-corrected chi connectivity index (χ0v) is 8.94. The molecule has 0 spiro atoms. The number of fused-ring (bicyclic) bond motifs is 1. The van der Waals surface area contributed by atoms with Gasteiger partial charge in [-0.05, 0) is 38.2 Å². The number of ether oxygens (including phenoxy) is 1. The first-order chi connectivity index (χ1) is 6.65. The molecule has 4 heteroatoms. The number of nitrogens with one attached hydrogen (secondary N) is 2. The van der Waals surface area contributed by atoms with Crippen LogP contribution in [0.25, 0.3) is 11.0 Å². The molecule has 0 amide bonds. The quantitative estimate of drug-likeness (QED) is 0.745. The van der Waals surface area contributed by atoms with Crippen LogP contribution in [0, 0.1) is 4.77 Å². The molecule has 0 unspecified atom stereocenters. The van der Waals surface area contributed by atoms with Gasteiger partial charge in [0.2, 0.25) is 0 Å². The van der Waals surface area contributed by atoms with Crippen LogP contribution in [0.3, 0.4) is 0 Å². The molecule has 1 aromatic carbocycles.